The molecule has 1 aromatic carbocycles. The molecule has 4 rings (SSSR count). The fraction of sp³-hybridized carbons (Fsp3) is 0.556. The molecule has 7 N–H and O–H groups in total. The van der Waals surface area contributed by atoms with E-state index in [0.29, 0.717) is 0 Å². The summed E-state index contributed by atoms with van der Waals surface area (Å²) in [6, 6.07) is 8.61. The highest BCUT2D eigenvalue weighted by atomic mass is 16.6. The number of hydrogen-bond acceptors (Lipinski definition) is 9. The monoisotopic (exact) mass is 407 g/mol. The second kappa shape index (κ2) is 8.32. The van der Waals surface area contributed by atoms with Gasteiger partial charge in [-0.15, -0.1) is 0 Å². The normalized spacial score (nSPS) is 37.2. The Labute approximate surface area is 167 Å². The minimum atomic E-state index is -1.24. The first-order chi connectivity index (χ1) is 14.0. The molecule has 2 amide bonds. The molecule has 7 atom stereocenters. The van der Waals surface area contributed by atoms with E-state index in [-0.39, 0.29) is 24.9 Å². The van der Waals surface area contributed by atoms with Gasteiger partial charge in [-0.05, 0) is 5.56 Å². The average Bonchev–Trinajstić information content (AvgIpc) is 3.24. The zero-order chi connectivity index (χ0) is 20.5. The number of rotatable bonds is 5. The summed E-state index contributed by atoms with van der Waals surface area (Å²) in [7, 11) is 0. The van der Waals surface area contributed by atoms with Crippen molar-refractivity contribution in [3.8, 4) is 0 Å². The topological polar surface area (TPSA) is 155 Å². The van der Waals surface area contributed by atoms with Crippen molar-refractivity contribution in [2.75, 3.05) is 13.3 Å². The molecule has 0 aromatic heterocycles. The van der Waals surface area contributed by atoms with E-state index in [0.717, 1.165) is 5.56 Å². The number of carbonyl (C=O) groups excluding carboxylic acids is 2. The summed E-state index contributed by atoms with van der Waals surface area (Å²) in [6.45, 7) is -0.219. The predicted molar refractivity (Wildman–Crippen MR) is 98.5 cm³/mol. The second-order valence-corrected chi connectivity index (χ2v) is 7.37. The van der Waals surface area contributed by atoms with Crippen molar-refractivity contribution in [2.45, 2.75) is 49.5 Å². The molecule has 0 spiro atoms. The van der Waals surface area contributed by atoms with Crippen LogP contribution in [0.4, 0.5) is 0 Å². The third-order valence-corrected chi connectivity index (χ3v) is 5.43. The number of amides is 2. The molecule has 158 valence electrons. The van der Waals surface area contributed by atoms with E-state index in [1.165, 1.54) is 0 Å². The van der Waals surface area contributed by atoms with Gasteiger partial charge in [0.1, 0.15) is 30.6 Å². The van der Waals surface area contributed by atoms with Crippen LogP contribution in [0.5, 0.6) is 0 Å². The number of aliphatic hydroxyl groups excluding tert-OH is 3. The Bertz CT molecular complexity index is 752. The fourth-order valence-corrected chi connectivity index (χ4v) is 3.95. The Morgan fingerprint density at radius 3 is 2.69 bits per heavy atom. The van der Waals surface area contributed by atoms with E-state index in [9.17, 15) is 24.9 Å². The van der Waals surface area contributed by atoms with E-state index in [1.54, 1.807) is 4.90 Å². The highest BCUT2D eigenvalue weighted by Crippen LogP contribution is 2.28. The minimum absolute atomic E-state index is 0.166. The summed E-state index contributed by atoms with van der Waals surface area (Å²) >= 11 is 0. The maximum absolute atomic E-state index is 12.5. The second-order valence-electron chi connectivity index (χ2n) is 7.37. The zero-order valence-corrected chi connectivity index (χ0v) is 15.6. The van der Waals surface area contributed by atoms with Crippen LogP contribution in [0.3, 0.4) is 0 Å². The van der Waals surface area contributed by atoms with Crippen molar-refractivity contribution >= 4 is 11.8 Å². The number of nitrogens with zero attached hydrogens (tertiary/aromatic N) is 1. The van der Waals surface area contributed by atoms with Crippen molar-refractivity contribution in [3.05, 3.63) is 35.9 Å². The van der Waals surface area contributed by atoms with E-state index in [4.69, 9.17) is 4.74 Å². The first-order valence-corrected chi connectivity index (χ1v) is 9.49. The molecule has 0 saturated carbocycles. The number of fused-ring (bicyclic) bond motifs is 1. The molecule has 3 aliphatic rings. The maximum atomic E-state index is 12.5. The van der Waals surface area contributed by atoms with E-state index in [2.05, 4.69) is 21.3 Å². The smallest absolute Gasteiger partial charge is 0.242 e. The van der Waals surface area contributed by atoms with Gasteiger partial charge in [0.25, 0.3) is 0 Å². The first kappa shape index (κ1) is 20.2. The molecule has 0 radical (unpaired) electrons. The van der Waals surface area contributed by atoms with Gasteiger partial charge in [0.05, 0.1) is 25.9 Å². The molecule has 3 aliphatic heterocycles. The van der Waals surface area contributed by atoms with Crippen molar-refractivity contribution < 1.29 is 29.6 Å². The number of hydrogen-bond donors (Lipinski definition) is 7. The molecule has 3 unspecified atom stereocenters. The average molecular weight is 407 g/mol. The summed E-state index contributed by atoms with van der Waals surface area (Å²) < 4.78 is 5.58. The van der Waals surface area contributed by atoms with Crippen LogP contribution in [0.2, 0.25) is 0 Å². The number of carbonyl (C=O) groups is 2. The van der Waals surface area contributed by atoms with Crippen molar-refractivity contribution in [1.82, 2.24) is 26.2 Å². The van der Waals surface area contributed by atoms with Gasteiger partial charge in [-0.2, -0.15) is 0 Å². The Morgan fingerprint density at radius 2 is 2.00 bits per heavy atom. The zero-order valence-electron chi connectivity index (χ0n) is 15.6. The molecule has 1 aromatic rings. The first-order valence-electron chi connectivity index (χ1n) is 9.49. The number of nitrogens with one attached hydrogen (secondary N) is 4. The summed E-state index contributed by atoms with van der Waals surface area (Å²) in [5, 5.41) is 41.2. The molecule has 29 heavy (non-hydrogen) atoms. The Kier molecular flexibility index (Phi) is 5.79. The van der Waals surface area contributed by atoms with Crippen LogP contribution in [-0.2, 0) is 20.7 Å². The number of aliphatic hydroxyl groups is 3. The Balaban J connectivity index is 1.41. The lowest BCUT2D eigenvalue weighted by Gasteiger charge is -2.39. The summed E-state index contributed by atoms with van der Waals surface area (Å²) in [4.78, 5) is 26.5. The lowest BCUT2D eigenvalue weighted by molar-refractivity contribution is -0.135. The molecule has 0 aliphatic carbocycles. The Morgan fingerprint density at radius 1 is 1.24 bits per heavy atom. The molecule has 3 saturated heterocycles. The van der Waals surface area contributed by atoms with Gasteiger partial charge < -0.3 is 30.7 Å². The van der Waals surface area contributed by atoms with Gasteiger partial charge in [0, 0.05) is 0 Å². The standard InChI is InChI=1S/C18H25N5O6/c24-7-10-13(26)14(27)17(29-10)23-8-19-12-15(23)21-18(22-16(12)28)20-11(25)6-9-4-2-1-3-5-9/h1-5,10,12-15,17-19,21,24,26-27H,6-8H2,(H,20,25)(H,22,28)/t10-,12?,13-,14-,15?,17-,18?/m1/s1. The van der Waals surface area contributed by atoms with E-state index >= 15 is 0 Å². The van der Waals surface area contributed by atoms with Gasteiger partial charge in [-0.3, -0.25) is 20.2 Å². The molecule has 0 bridgehead atoms. The quantitative estimate of drug-likeness (QED) is 0.262. The van der Waals surface area contributed by atoms with Crippen molar-refractivity contribution in [3.63, 3.8) is 0 Å². The number of benzene rings is 1. The fourth-order valence-electron chi connectivity index (χ4n) is 3.95. The molecular formula is C18H25N5O6. The minimum Gasteiger partial charge on any atom is -0.394 e. The lowest BCUT2D eigenvalue weighted by Crippen LogP contribution is -2.72. The highest BCUT2D eigenvalue weighted by Gasteiger charge is 2.52. The van der Waals surface area contributed by atoms with Gasteiger partial charge in [0.15, 0.2) is 6.29 Å². The summed E-state index contributed by atoms with van der Waals surface area (Å²) in [6.07, 6.45) is -5.53. The van der Waals surface area contributed by atoms with Crippen LogP contribution >= 0.6 is 0 Å². The SMILES string of the molecule is O=C(Cc1ccccc1)NC1NC(=O)C2NCN([C@@H]3O[C@H](CO)[C@@H](O)[C@H]3O)C2N1. The third kappa shape index (κ3) is 3.98. The van der Waals surface area contributed by atoms with Crippen molar-refractivity contribution in [1.29, 1.82) is 0 Å². The van der Waals surface area contributed by atoms with Crippen LogP contribution < -0.4 is 21.3 Å². The van der Waals surface area contributed by atoms with E-state index in [1.807, 2.05) is 30.3 Å². The van der Waals surface area contributed by atoms with Crippen molar-refractivity contribution in [2.24, 2.45) is 0 Å². The van der Waals surface area contributed by atoms with Crippen LogP contribution in [-0.4, -0.2) is 88.3 Å². The predicted octanol–water partition coefficient (Wildman–Crippen LogP) is -3.66. The molecular weight excluding hydrogens is 382 g/mol. The molecule has 11 nitrogen and oxygen atoms in total. The van der Waals surface area contributed by atoms with Crippen LogP contribution in [0.1, 0.15) is 5.56 Å². The van der Waals surface area contributed by atoms with E-state index < -0.39 is 49.6 Å². The highest BCUT2D eigenvalue weighted by molar-refractivity contribution is 5.85. The summed E-state index contributed by atoms with van der Waals surface area (Å²) in [5.74, 6) is -0.578. The molecule has 11 heteroatoms. The largest absolute Gasteiger partial charge is 0.394 e. The van der Waals surface area contributed by atoms with Crippen LogP contribution in [0.15, 0.2) is 30.3 Å². The van der Waals surface area contributed by atoms with Crippen LogP contribution in [0, 0.1) is 0 Å². The van der Waals surface area contributed by atoms with Gasteiger partial charge >= 0.3 is 0 Å². The molecule has 3 fully saturated rings. The van der Waals surface area contributed by atoms with Gasteiger partial charge in [-0.25, -0.2) is 4.90 Å². The Hall–Kier alpha value is -2.12. The molecule has 3 heterocycles. The number of ether oxygens (including phenoxy) is 1. The van der Waals surface area contributed by atoms with Gasteiger partial charge in [0.2, 0.25) is 11.8 Å². The lowest BCUT2D eigenvalue weighted by atomic mass is 10.1. The van der Waals surface area contributed by atoms with Crippen LogP contribution in [0.25, 0.3) is 0 Å². The maximum Gasteiger partial charge on any atom is 0.242 e. The summed E-state index contributed by atoms with van der Waals surface area (Å²) in [5.41, 5.74) is 0.848. The van der Waals surface area contributed by atoms with Gasteiger partial charge in [-0.1, -0.05) is 30.3 Å². The third-order valence-electron chi connectivity index (χ3n) is 5.43.